The minimum Gasteiger partial charge on any atom is -0.497 e. The van der Waals surface area contributed by atoms with E-state index in [1.807, 2.05) is 0 Å². The van der Waals surface area contributed by atoms with Crippen LogP contribution in [0, 0.1) is 0 Å². The molecular weight excluding hydrogens is 310 g/mol. The number of halogens is 1. The first-order valence-corrected chi connectivity index (χ1v) is 8.24. The highest BCUT2D eigenvalue weighted by molar-refractivity contribution is 7.92. The maximum absolute atomic E-state index is 12.6. The molecular formula is C15H16ClNO3S. The number of hydrogen-bond donors (Lipinski definition) is 0. The van der Waals surface area contributed by atoms with Crippen LogP contribution in [0.25, 0.3) is 0 Å². The van der Waals surface area contributed by atoms with Crippen LogP contribution in [0.5, 0.6) is 5.75 Å². The second-order valence-corrected chi connectivity index (χ2v) is 6.69. The van der Waals surface area contributed by atoms with Gasteiger partial charge in [0.25, 0.3) is 10.0 Å². The Bertz CT molecular complexity index is 714. The summed E-state index contributed by atoms with van der Waals surface area (Å²) in [7, 11) is -0.554. The lowest BCUT2D eigenvalue weighted by Crippen LogP contribution is -2.26. The Kier molecular flexibility index (Phi) is 4.75. The number of sulfonamides is 1. The van der Waals surface area contributed by atoms with E-state index in [1.54, 1.807) is 55.6 Å². The zero-order chi connectivity index (χ0) is 15.5. The second kappa shape index (κ2) is 6.37. The average Bonchev–Trinajstić information content (AvgIpc) is 2.54. The molecule has 0 bridgehead atoms. The molecule has 0 unspecified atom stereocenters. The van der Waals surface area contributed by atoms with Gasteiger partial charge in [-0.1, -0.05) is 18.2 Å². The van der Waals surface area contributed by atoms with Gasteiger partial charge in [-0.3, -0.25) is 4.31 Å². The van der Waals surface area contributed by atoms with E-state index in [0.29, 0.717) is 17.3 Å². The second-order valence-electron chi connectivity index (χ2n) is 4.45. The Balaban J connectivity index is 2.37. The van der Waals surface area contributed by atoms with Gasteiger partial charge in [0.05, 0.1) is 17.7 Å². The van der Waals surface area contributed by atoms with Gasteiger partial charge in [-0.05, 0) is 29.8 Å². The summed E-state index contributed by atoms with van der Waals surface area (Å²) in [6, 6.07) is 13.4. The lowest BCUT2D eigenvalue weighted by molar-refractivity contribution is 0.415. The maximum Gasteiger partial charge on any atom is 0.264 e. The van der Waals surface area contributed by atoms with Crippen LogP contribution < -0.4 is 9.04 Å². The number of methoxy groups -OCH3 is 1. The van der Waals surface area contributed by atoms with E-state index in [4.69, 9.17) is 16.3 Å². The van der Waals surface area contributed by atoms with Crippen molar-refractivity contribution >= 4 is 27.3 Å². The molecule has 112 valence electrons. The van der Waals surface area contributed by atoms with Gasteiger partial charge in [-0.2, -0.15) is 0 Å². The topological polar surface area (TPSA) is 46.6 Å². The minimum absolute atomic E-state index is 0.224. The first-order chi connectivity index (χ1) is 9.98. The molecule has 0 saturated carbocycles. The molecule has 2 aromatic carbocycles. The lowest BCUT2D eigenvalue weighted by Gasteiger charge is -2.20. The normalized spacial score (nSPS) is 11.2. The van der Waals surface area contributed by atoms with E-state index in [2.05, 4.69) is 0 Å². The van der Waals surface area contributed by atoms with Crippen molar-refractivity contribution in [2.45, 2.75) is 10.8 Å². The van der Waals surface area contributed by atoms with Crippen molar-refractivity contribution in [2.24, 2.45) is 0 Å². The summed E-state index contributed by atoms with van der Waals surface area (Å²) in [5, 5.41) is 0. The first kappa shape index (κ1) is 15.7. The van der Waals surface area contributed by atoms with Gasteiger partial charge in [-0.15, -0.1) is 11.6 Å². The Morgan fingerprint density at radius 3 is 2.38 bits per heavy atom. The van der Waals surface area contributed by atoms with Crippen LogP contribution in [0.15, 0.2) is 53.4 Å². The van der Waals surface area contributed by atoms with Crippen LogP contribution >= 0.6 is 11.6 Å². The molecule has 2 aromatic rings. The number of ether oxygens (including phenoxy) is 1. The summed E-state index contributed by atoms with van der Waals surface area (Å²) in [6.45, 7) is 0. The molecule has 6 heteroatoms. The molecule has 0 aliphatic heterocycles. The number of anilines is 1. The maximum atomic E-state index is 12.6. The predicted octanol–water partition coefficient (Wildman–Crippen LogP) is 3.26. The summed E-state index contributed by atoms with van der Waals surface area (Å²) in [5.74, 6) is 0.957. The molecule has 4 nitrogen and oxygen atoms in total. The SMILES string of the molecule is COc1cccc(N(C)S(=O)(=O)c2ccc(CCl)cc2)c1. The monoisotopic (exact) mass is 325 g/mol. The zero-order valence-electron chi connectivity index (χ0n) is 11.8. The molecule has 0 aromatic heterocycles. The van der Waals surface area contributed by atoms with Crippen molar-refractivity contribution in [3.05, 3.63) is 54.1 Å². The molecule has 0 radical (unpaired) electrons. The van der Waals surface area contributed by atoms with Crippen molar-refractivity contribution in [1.82, 2.24) is 0 Å². The van der Waals surface area contributed by atoms with E-state index in [9.17, 15) is 8.42 Å². The minimum atomic E-state index is -3.61. The molecule has 0 aliphatic carbocycles. The lowest BCUT2D eigenvalue weighted by atomic mass is 10.2. The fourth-order valence-corrected chi connectivity index (χ4v) is 3.22. The molecule has 21 heavy (non-hydrogen) atoms. The van der Waals surface area contributed by atoms with Crippen molar-refractivity contribution in [2.75, 3.05) is 18.5 Å². The molecule has 0 amide bonds. The summed E-state index contributed by atoms with van der Waals surface area (Å²) in [6.07, 6.45) is 0. The molecule has 0 N–H and O–H groups in total. The Morgan fingerprint density at radius 2 is 1.81 bits per heavy atom. The summed E-state index contributed by atoms with van der Waals surface area (Å²) in [4.78, 5) is 0.224. The first-order valence-electron chi connectivity index (χ1n) is 6.27. The molecule has 2 rings (SSSR count). The quantitative estimate of drug-likeness (QED) is 0.793. The number of alkyl halides is 1. The number of rotatable bonds is 5. The van der Waals surface area contributed by atoms with Crippen LogP contribution in [-0.2, 0) is 15.9 Å². The Morgan fingerprint density at radius 1 is 1.14 bits per heavy atom. The van der Waals surface area contributed by atoms with Gasteiger partial charge >= 0.3 is 0 Å². The van der Waals surface area contributed by atoms with E-state index in [1.165, 1.54) is 11.4 Å². The largest absolute Gasteiger partial charge is 0.497 e. The third kappa shape index (κ3) is 3.31. The van der Waals surface area contributed by atoms with Crippen molar-refractivity contribution in [3.8, 4) is 5.75 Å². The highest BCUT2D eigenvalue weighted by Crippen LogP contribution is 2.25. The van der Waals surface area contributed by atoms with Crippen molar-refractivity contribution in [1.29, 1.82) is 0 Å². The standard InChI is InChI=1S/C15H16ClNO3S/c1-17(13-4-3-5-14(10-13)20-2)21(18,19)15-8-6-12(11-16)7-9-15/h3-10H,11H2,1-2H3. The van der Waals surface area contributed by atoms with Gasteiger partial charge in [0, 0.05) is 19.0 Å². The zero-order valence-corrected chi connectivity index (χ0v) is 13.4. The Labute approximate surface area is 130 Å². The van der Waals surface area contributed by atoms with Crippen LogP contribution in [-0.4, -0.2) is 22.6 Å². The third-order valence-electron chi connectivity index (χ3n) is 3.15. The fourth-order valence-electron chi connectivity index (χ4n) is 1.85. The van der Waals surface area contributed by atoms with Gasteiger partial charge < -0.3 is 4.74 Å². The molecule has 0 atom stereocenters. The summed E-state index contributed by atoms with van der Waals surface area (Å²) < 4.78 is 31.5. The van der Waals surface area contributed by atoms with E-state index in [-0.39, 0.29) is 4.90 Å². The molecule has 0 heterocycles. The highest BCUT2D eigenvalue weighted by Gasteiger charge is 2.21. The number of hydrogen-bond acceptors (Lipinski definition) is 3. The molecule has 0 fully saturated rings. The van der Waals surface area contributed by atoms with Crippen LogP contribution in [0.4, 0.5) is 5.69 Å². The van der Waals surface area contributed by atoms with E-state index in [0.717, 1.165) is 5.56 Å². The average molecular weight is 326 g/mol. The predicted molar refractivity (Wildman–Crippen MR) is 84.6 cm³/mol. The van der Waals surface area contributed by atoms with Gasteiger partial charge in [0.2, 0.25) is 0 Å². The van der Waals surface area contributed by atoms with Gasteiger partial charge in [-0.25, -0.2) is 8.42 Å². The smallest absolute Gasteiger partial charge is 0.264 e. The molecule has 0 saturated heterocycles. The van der Waals surface area contributed by atoms with Crippen molar-refractivity contribution in [3.63, 3.8) is 0 Å². The van der Waals surface area contributed by atoms with Crippen LogP contribution in [0.3, 0.4) is 0 Å². The number of benzene rings is 2. The Hall–Kier alpha value is -1.72. The molecule has 0 aliphatic rings. The van der Waals surface area contributed by atoms with Crippen LogP contribution in [0.1, 0.15) is 5.56 Å². The number of nitrogens with zero attached hydrogens (tertiary/aromatic N) is 1. The summed E-state index contributed by atoms with van der Waals surface area (Å²) in [5.41, 5.74) is 1.41. The van der Waals surface area contributed by atoms with Gasteiger partial charge in [0.1, 0.15) is 5.75 Å². The third-order valence-corrected chi connectivity index (χ3v) is 5.26. The van der Waals surface area contributed by atoms with Gasteiger partial charge in [0.15, 0.2) is 0 Å². The van der Waals surface area contributed by atoms with Crippen LogP contribution in [0.2, 0.25) is 0 Å². The van der Waals surface area contributed by atoms with E-state index >= 15 is 0 Å². The highest BCUT2D eigenvalue weighted by atomic mass is 35.5. The fraction of sp³-hybridized carbons (Fsp3) is 0.200. The molecule has 0 spiro atoms. The van der Waals surface area contributed by atoms with E-state index < -0.39 is 10.0 Å². The summed E-state index contributed by atoms with van der Waals surface area (Å²) >= 11 is 5.71. The van der Waals surface area contributed by atoms with Crippen molar-refractivity contribution < 1.29 is 13.2 Å².